The van der Waals surface area contributed by atoms with Gasteiger partial charge in [-0.2, -0.15) is 0 Å². The van der Waals surface area contributed by atoms with Crippen molar-refractivity contribution in [3.05, 3.63) is 84.4 Å². The van der Waals surface area contributed by atoms with Gasteiger partial charge in [0.05, 0.1) is 12.0 Å². The fraction of sp³-hybridized carbons (Fsp3) is 0.240. The van der Waals surface area contributed by atoms with Crippen LogP contribution in [0.4, 0.5) is 11.4 Å². The van der Waals surface area contributed by atoms with Crippen LogP contribution in [-0.2, 0) is 10.0 Å². The molecule has 0 saturated heterocycles. The second-order valence-electron chi connectivity index (χ2n) is 7.66. The number of sulfonamides is 1. The quantitative estimate of drug-likeness (QED) is 0.459. The third-order valence-electron chi connectivity index (χ3n) is 5.16. The van der Waals surface area contributed by atoms with Crippen molar-refractivity contribution < 1.29 is 17.9 Å². The van der Waals surface area contributed by atoms with Gasteiger partial charge in [0.25, 0.3) is 5.91 Å². The average molecular weight is 468 g/mol. The standard InChI is InChI=1S/C25H29N3O4S/c1-27(2)21-10-12-22(13-11-21)28(25(29)20-8-5-4-6-9-20)19-7-18-26-33(30,31)24-16-14-23(32-3)15-17-24/h4-6,8-17,26H,7,18-19H2,1-3H3. The van der Waals surface area contributed by atoms with Gasteiger partial charge in [-0.1, -0.05) is 18.2 Å². The molecule has 0 unspecified atom stereocenters. The minimum absolute atomic E-state index is 0.133. The minimum Gasteiger partial charge on any atom is -0.497 e. The Balaban J connectivity index is 1.70. The number of anilines is 2. The van der Waals surface area contributed by atoms with Crippen molar-refractivity contribution in [3.8, 4) is 5.75 Å². The summed E-state index contributed by atoms with van der Waals surface area (Å²) in [6.45, 7) is 0.558. The molecule has 0 aliphatic heterocycles. The van der Waals surface area contributed by atoms with E-state index in [1.54, 1.807) is 29.2 Å². The molecule has 0 aromatic heterocycles. The van der Waals surface area contributed by atoms with Crippen molar-refractivity contribution in [2.75, 3.05) is 44.1 Å². The monoisotopic (exact) mass is 467 g/mol. The molecule has 7 nitrogen and oxygen atoms in total. The van der Waals surface area contributed by atoms with Crippen molar-refractivity contribution in [1.29, 1.82) is 0 Å². The topological polar surface area (TPSA) is 79.0 Å². The Bertz CT molecular complexity index is 1150. The third kappa shape index (κ3) is 6.34. The van der Waals surface area contributed by atoms with Crippen LogP contribution in [-0.4, -0.2) is 48.6 Å². The van der Waals surface area contributed by atoms with E-state index in [-0.39, 0.29) is 17.3 Å². The first-order valence-corrected chi connectivity index (χ1v) is 12.1. The van der Waals surface area contributed by atoms with E-state index in [1.807, 2.05) is 61.5 Å². The van der Waals surface area contributed by atoms with Crippen LogP contribution in [0.5, 0.6) is 5.75 Å². The molecule has 0 spiro atoms. The number of amides is 1. The summed E-state index contributed by atoms with van der Waals surface area (Å²) in [6, 6.07) is 23.0. The van der Waals surface area contributed by atoms with E-state index in [0.717, 1.165) is 11.4 Å². The molecule has 8 heteroatoms. The van der Waals surface area contributed by atoms with E-state index in [1.165, 1.54) is 19.2 Å². The molecular formula is C25H29N3O4S. The van der Waals surface area contributed by atoms with Gasteiger partial charge in [0, 0.05) is 44.1 Å². The molecule has 0 aliphatic carbocycles. The fourth-order valence-corrected chi connectivity index (χ4v) is 4.37. The highest BCUT2D eigenvalue weighted by atomic mass is 32.2. The number of benzene rings is 3. The average Bonchev–Trinajstić information content (AvgIpc) is 2.84. The number of ether oxygens (including phenoxy) is 1. The van der Waals surface area contributed by atoms with E-state index >= 15 is 0 Å². The van der Waals surface area contributed by atoms with Gasteiger partial charge in [-0.05, 0) is 67.1 Å². The Morgan fingerprint density at radius 1 is 0.879 bits per heavy atom. The molecular weight excluding hydrogens is 438 g/mol. The van der Waals surface area contributed by atoms with E-state index in [4.69, 9.17) is 4.74 Å². The smallest absolute Gasteiger partial charge is 0.258 e. The normalized spacial score (nSPS) is 11.1. The summed E-state index contributed by atoms with van der Waals surface area (Å²) in [4.78, 5) is 17.0. The van der Waals surface area contributed by atoms with Crippen molar-refractivity contribution in [2.24, 2.45) is 0 Å². The van der Waals surface area contributed by atoms with Crippen LogP contribution in [0.3, 0.4) is 0 Å². The molecule has 1 N–H and O–H groups in total. The highest BCUT2D eigenvalue weighted by molar-refractivity contribution is 7.89. The molecule has 0 bridgehead atoms. The Morgan fingerprint density at radius 3 is 2.06 bits per heavy atom. The van der Waals surface area contributed by atoms with Crippen LogP contribution in [0, 0.1) is 0 Å². The van der Waals surface area contributed by atoms with Crippen molar-refractivity contribution in [1.82, 2.24) is 4.72 Å². The SMILES string of the molecule is COc1ccc(S(=O)(=O)NCCCN(C(=O)c2ccccc2)c2ccc(N(C)C)cc2)cc1. The lowest BCUT2D eigenvalue weighted by molar-refractivity contribution is 0.0986. The number of nitrogens with one attached hydrogen (secondary N) is 1. The van der Waals surface area contributed by atoms with Gasteiger partial charge in [-0.3, -0.25) is 4.79 Å². The first-order chi connectivity index (χ1) is 15.8. The summed E-state index contributed by atoms with van der Waals surface area (Å²) in [6.07, 6.45) is 0.448. The lowest BCUT2D eigenvalue weighted by Crippen LogP contribution is -2.34. The van der Waals surface area contributed by atoms with Crippen LogP contribution in [0.1, 0.15) is 16.8 Å². The van der Waals surface area contributed by atoms with E-state index in [2.05, 4.69) is 4.72 Å². The molecule has 0 heterocycles. The molecule has 0 radical (unpaired) electrons. The van der Waals surface area contributed by atoms with Gasteiger partial charge in [0.15, 0.2) is 0 Å². The number of methoxy groups -OCH3 is 1. The first kappa shape index (κ1) is 24.3. The Kier molecular flexibility index (Phi) is 8.08. The molecule has 3 aromatic rings. The highest BCUT2D eigenvalue weighted by Gasteiger charge is 2.19. The summed E-state index contributed by atoms with van der Waals surface area (Å²) < 4.78 is 32.8. The lowest BCUT2D eigenvalue weighted by atomic mass is 10.1. The second-order valence-corrected chi connectivity index (χ2v) is 9.43. The predicted octanol–water partition coefficient (Wildman–Crippen LogP) is 3.78. The van der Waals surface area contributed by atoms with Gasteiger partial charge in [-0.25, -0.2) is 13.1 Å². The van der Waals surface area contributed by atoms with Crippen molar-refractivity contribution >= 4 is 27.3 Å². The molecule has 1 amide bonds. The summed E-state index contributed by atoms with van der Waals surface area (Å²) >= 11 is 0. The van der Waals surface area contributed by atoms with Crippen LogP contribution in [0.25, 0.3) is 0 Å². The maximum Gasteiger partial charge on any atom is 0.258 e. The first-order valence-electron chi connectivity index (χ1n) is 10.6. The number of rotatable bonds is 10. The second kappa shape index (κ2) is 11.0. The predicted molar refractivity (Wildman–Crippen MR) is 132 cm³/mol. The summed E-state index contributed by atoms with van der Waals surface area (Å²) in [5.41, 5.74) is 2.36. The molecule has 3 aromatic carbocycles. The van der Waals surface area contributed by atoms with Crippen LogP contribution in [0.2, 0.25) is 0 Å². The molecule has 0 saturated carbocycles. The fourth-order valence-electron chi connectivity index (χ4n) is 3.30. The van der Waals surface area contributed by atoms with Crippen molar-refractivity contribution in [2.45, 2.75) is 11.3 Å². The Hall–Kier alpha value is -3.36. The van der Waals surface area contributed by atoms with Gasteiger partial charge < -0.3 is 14.5 Å². The molecule has 33 heavy (non-hydrogen) atoms. The largest absolute Gasteiger partial charge is 0.497 e. The lowest BCUT2D eigenvalue weighted by Gasteiger charge is -2.24. The molecule has 3 rings (SSSR count). The van der Waals surface area contributed by atoms with Crippen molar-refractivity contribution in [3.63, 3.8) is 0 Å². The minimum atomic E-state index is -3.65. The number of hydrogen-bond acceptors (Lipinski definition) is 5. The number of carbonyl (C=O) groups excluding carboxylic acids is 1. The Morgan fingerprint density at radius 2 is 1.48 bits per heavy atom. The van der Waals surface area contributed by atoms with E-state index < -0.39 is 10.0 Å². The molecule has 0 atom stereocenters. The van der Waals surface area contributed by atoms with Crippen LogP contribution >= 0.6 is 0 Å². The summed E-state index contributed by atoms with van der Waals surface area (Å²) in [5.74, 6) is 0.454. The third-order valence-corrected chi connectivity index (χ3v) is 6.64. The van der Waals surface area contributed by atoms with Crippen LogP contribution in [0.15, 0.2) is 83.8 Å². The van der Waals surface area contributed by atoms with Gasteiger partial charge in [0.1, 0.15) is 5.75 Å². The van der Waals surface area contributed by atoms with Gasteiger partial charge >= 0.3 is 0 Å². The number of nitrogens with zero attached hydrogens (tertiary/aromatic N) is 2. The zero-order valence-electron chi connectivity index (χ0n) is 19.1. The zero-order chi connectivity index (χ0) is 23.8. The van der Waals surface area contributed by atoms with Gasteiger partial charge in [0.2, 0.25) is 10.0 Å². The maximum absolute atomic E-state index is 13.2. The van der Waals surface area contributed by atoms with Crippen LogP contribution < -0.4 is 19.3 Å². The highest BCUT2D eigenvalue weighted by Crippen LogP contribution is 2.22. The molecule has 0 aliphatic rings. The zero-order valence-corrected chi connectivity index (χ0v) is 19.9. The summed E-state index contributed by atoms with van der Waals surface area (Å²) in [5, 5.41) is 0. The summed E-state index contributed by atoms with van der Waals surface area (Å²) in [7, 11) is 1.79. The van der Waals surface area contributed by atoms with E-state index in [9.17, 15) is 13.2 Å². The van der Waals surface area contributed by atoms with E-state index in [0.29, 0.717) is 24.3 Å². The number of carbonyl (C=O) groups is 1. The number of hydrogen-bond donors (Lipinski definition) is 1. The Labute approximate surface area is 195 Å². The maximum atomic E-state index is 13.2. The van der Waals surface area contributed by atoms with Gasteiger partial charge in [-0.15, -0.1) is 0 Å². The molecule has 0 fully saturated rings. The molecule has 174 valence electrons.